The Morgan fingerprint density at radius 3 is 3.06 bits per heavy atom. The van der Waals surface area contributed by atoms with Crippen LogP contribution < -0.4 is 10.9 Å². The van der Waals surface area contributed by atoms with E-state index in [1.807, 2.05) is 0 Å². The Hall–Kier alpha value is -1.88. The highest BCUT2D eigenvalue weighted by Gasteiger charge is 2.03. The number of carbonyl (C=O) groups is 1. The number of aromatic amines is 1. The monoisotopic (exact) mass is 237 g/mol. The van der Waals surface area contributed by atoms with Gasteiger partial charge in [0.2, 0.25) is 5.91 Å². The van der Waals surface area contributed by atoms with Crippen LogP contribution in [0.15, 0.2) is 29.3 Å². The standard InChI is InChI=1S/C10H8ClN3O2/c11-4-9(15)14-6-1-2-8-7(3-6)10(16)13-5-12-8/h1-3,5H,4H2,(H,14,15)(H,12,13,16). The first kappa shape index (κ1) is 10.6. The minimum absolute atomic E-state index is 0.124. The van der Waals surface area contributed by atoms with Gasteiger partial charge in [-0.3, -0.25) is 9.59 Å². The Labute approximate surface area is 95.5 Å². The molecule has 5 nitrogen and oxygen atoms in total. The SMILES string of the molecule is O=C(CCl)Nc1ccc2nc[nH]c(=O)c2c1. The third-order valence-corrected chi connectivity index (χ3v) is 2.29. The Kier molecular flexibility index (Phi) is 2.87. The number of amides is 1. The Bertz CT molecular complexity index is 594. The molecular formula is C10H8ClN3O2. The van der Waals surface area contributed by atoms with Crippen LogP contribution in [0.25, 0.3) is 10.9 Å². The molecule has 6 heteroatoms. The number of hydrogen-bond acceptors (Lipinski definition) is 3. The second-order valence-electron chi connectivity index (χ2n) is 3.15. The molecule has 0 saturated carbocycles. The van der Waals surface area contributed by atoms with Crippen LogP contribution in [0.2, 0.25) is 0 Å². The number of halogens is 1. The first-order valence-electron chi connectivity index (χ1n) is 4.54. The number of fused-ring (bicyclic) bond motifs is 1. The lowest BCUT2D eigenvalue weighted by Crippen LogP contribution is -2.13. The zero-order valence-electron chi connectivity index (χ0n) is 8.16. The Morgan fingerprint density at radius 1 is 1.50 bits per heavy atom. The maximum Gasteiger partial charge on any atom is 0.258 e. The molecule has 16 heavy (non-hydrogen) atoms. The molecule has 0 fully saturated rings. The molecule has 2 aromatic rings. The van der Waals surface area contributed by atoms with E-state index < -0.39 is 0 Å². The molecule has 0 aliphatic carbocycles. The number of alkyl halides is 1. The second kappa shape index (κ2) is 4.32. The minimum atomic E-state index is -0.318. The highest BCUT2D eigenvalue weighted by molar-refractivity contribution is 6.29. The summed E-state index contributed by atoms with van der Waals surface area (Å²) in [5.41, 5.74) is 0.858. The summed E-state index contributed by atoms with van der Waals surface area (Å²) in [5, 5.41) is 2.99. The van der Waals surface area contributed by atoms with E-state index in [1.54, 1.807) is 18.2 Å². The van der Waals surface area contributed by atoms with Crippen molar-refractivity contribution in [3.8, 4) is 0 Å². The molecule has 1 amide bonds. The zero-order chi connectivity index (χ0) is 11.5. The predicted octanol–water partition coefficient (Wildman–Crippen LogP) is 1.10. The van der Waals surface area contributed by atoms with Crippen LogP contribution in [-0.2, 0) is 4.79 Å². The number of anilines is 1. The largest absolute Gasteiger partial charge is 0.325 e. The summed E-state index contributed by atoms with van der Waals surface area (Å²) in [4.78, 5) is 29.0. The van der Waals surface area contributed by atoms with E-state index in [2.05, 4.69) is 15.3 Å². The quantitative estimate of drug-likeness (QED) is 0.768. The van der Waals surface area contributed by atoms with Crippen molar-refractivity contribution in [2.75, 3.05) is 11.2 Å². The molecule has 0 bridgehead atoms. The molecule has 1 aromatic carbocycles. The molecular weight excluding hydrogens is 230 g/mol. The summed E-state index contributed by atoms with van der Waals surface area (Å²) in [5.74, 6) is -0.442. The van der Waals surface area contributed by atoms with Gasteiger partial charge in [-0.2, -0.15) is 0 Å². The molecule has 1 heterocycles. The van der Waals surface area contributed by atoms with Crippen molar-refractivity contribution in [1.29, 1.82) is 0 Å². The second-order valence-corrected chi connectivity index (χ2v) is 3.41. The number of rotatable bonds is 2. The van der Waals surface area contributed by atoms with Crippen LogP contribution in [0.5, 0.6) is 0 Å². The van der Waals surface area contributed by atoms with Gasteiger partial charge in [-0.1, -0.05) is 0 Å². The van der Waals surface area contributed by atoms with Gasteiger partial charge in [0.1, 0.15) is 5.88 Å². The Morgan fingerprint density at radius 2 is 2.31 bits per heavy atom. The predicted molar refractivity (Wildman–Crippen MR) is 61.7 cm³/mol. The van der Waals surface area contributed by atoms with Crippen molar-refractivity contribution in [3.05, 3.63) is 34.9 Å². The van der Waals surface area contributed by atoms with Crippen LogP contribution in [0.1, 0.15) is 0 Å². The molecule has 0 radical (unpaired) electrons. The first-order valence-corrected chi connectivity index (χ1v) is 5.07. The normalized spacial score (nSPS) is 10.3. The molecule has 82 valence electrons. The fourth-order valence-electron chi connectivity index (χ4n) is 1.34. The number of aromatic nitrogens is 2. The van der Waals surface area contributed by atoms with Crippen molar-refractivity contribution in [2.45, 2.75) is 0 Å². The third-order valence-electron chi connectivity index (χ3n) is 2.05. The fourth-order valence-corrected chi connectivity index (χ4v) is 1.41. The van der Waals surface area contributed by atoms with Gasteiger partial charge < -0.3 is 10.3 Å². The van der Waals surface area contributed by atoms with E-state index in [-0.39, 0.29) is 17.3 Å². The summed E-state index contributed by atoms with van der Waals surface area (Å²) in [6.07, 6.45) is 1.34. The van der Waals surface area contributed by atoms with Gasteiger partial charge in [-0.15, -0.1) is 11.6 Å². The average Bonchev–Trinajstić information content (AvgIpc) is 2.30. The van der Waals surface area contributed by atoms with Crippen LogP contribution in [0, 0.1) is 0 Å². The Balaban J connectivity index is 2.47. The minimum Gasteiger partial charge on any atom is -0.325 e. The van der Waals surface area contributed by atoms with Crippen LogP contribution >= 0.6 is 11.6 Å². The molecule has 0 spiro atoms. The molecule has 0 atom stereocenters. The van der Waals surface area contributed by atoms with Gasteiger partial charge in [-0.05, 0) is 18.2 Å². The molecule has 2 rings (SSSR count). The molecule has 0 unspecified atom stereocenters. The number of benzene rings is 1. The maximum absolute atomic E-state index is 11.5. The highest BCUT2D eigenvalue weighted by Crippen LogP contribution is 2.13. The van der Waals surface area contributed by atoms with Gasteiger partial charge in [0, 0.05) is 5.69 Å². The summed E-state index contributed by atoms with van der Waals surface area (Å²) in [6.45, 7) is 0. The lowest BCUT2D eigenvalue weighted by molar-refractivity contribution is -0.113. The fraction of sp³-hybridized carbons (Fsp3) is 0.100. The third kappa shape index (κ3) is 2.04. The first-order chi connectivity index (χ1) is 7.70. The topological polar surface area (TPSA) is 74.8 Å². The van der Waals surface area contributed by atoms with E-state index >= 15 is 0 Å². The van der Waals surface area contributed by atoms with E-state index in [4.69, 9.17) is 11.6 Å². The average molecular weight is 238 g/mol. The smallest absolute Gasteiger partial charge is 0.258 e. The van der Waals surface area contributed by atoms with Gasteiger partial charge in [0.15, 0.2) is 0 Å². The van der Waals surface area contributed by atoms with Crippen molar-refractivity contribution in [2.24, 2.45) is 0 Å². The van der Waals surface area contributed by atoms with E-state index in [1.165, 1.54) is 6.33 Å². The molecule has 2 N–H and O–H groups in total. The lowest BCUT2D eigenvalue weighted by Gasteiger charge is -2.03. The van der Waals surface area contributed by atoms with Crippen LogP contribution in [0.4, 0.5) is 5.69 Å². The summed E-state index contributed by atoms with van der Waals surface area (Å²) in [7, 11) is 0. The number of nitrogens with one attached hydrogen (secondary N) is 2. The van der Waals surface area contributed by atoms with Crippen LogP contribution in [0.3, 0.4) is 0 Å². The highest BCUT2D eigenvalue weighted by atomic mass is 35.5. The zero-order valence-corrected chi connectivity index (χ0v) is 8.91. The summed E-state index contributed by atoms with van der Waals surface area (Å²) in [6, 6.07) is 4.89. The van der Waals surface area contributed by atoms with Gasteiger partial charge >= 0.3 is 0 Å². The van der Waals surface area contributed by atoms with Crippen molar-refractivity contribution < 1.29 is 4.79 Å². The summed E-state index contributed by atoms with van der Waals surface area (Å²) >= 11 is 5.36. The maximum atomic E-state index is 11.5. The van der Waals surface area contributed by atoms with Crippen molar-refractivity contribution in [1.82, 2.24) is 9.97 Å². The number of hydrogen-bond donors (Lipinski definition) is 2. The summed E-state index contributed by atoms with van der Waals surface area (Å²) < 4.78 is 0. The van der Waals surface area contributed by atoms with E-state index in [0.29, 0.717) is 16.6 Å². The number of H-pyrrole nitrogens is 1. The van der Waals surface area contributed by atoms with E-state index in [0.717, 1.165) is 0 Å². The van der Waals surface area contributed by atoms with E-state index in [9.17, 15) is 9.59 Å². The van der Waals surface area contributed by atoms with Crippen molar-refractivity contribution in [3.63, 3.8) is 0 Å². The lowest BCUT2D eigenvalue weighted by atomic mass is 10.2. The number of carbonyl (C=O) groups excluding carboxylic acids is 1. The van der Waals surface area contributed by atoms with Crippen LogP contribution in [-0.4, -0.2) is 21.8 Å². The molecule has 0 aliphatic rings. The molecule has 1 aromatic heterocycles. The van der Waals surface area contributed by atoms with Gasteiger partial charge in [0.25, 0.3) is 5.56 Å². The molecule has 0 saturated heterocycles. The van der Waals surface area contributed by atoms with Crippen molar-refractivity contribution >= 4 is 34.1 Å². The van der Waals surface area contributed by atoms with Gasteiger partial charge in [-0.25, -0.2) is 4.98 Å². The van der Waals surface area contributed by atoms with Gasteiger partial charge in [0.05, 0.1) is 17.2 Å². The molecule has 0 aliphatic heterocycles. The number of nitrogens with zero attached hydrogens (tertiary/aromatic N) is 1.